The molecule has 4 nitrogen and oxygen atoms in total. The smallest absolute Gasteiger partial charge is 0.137 e. The Morgan fingerprint density at radius 2 is 2.11 bits per heavy atom. The quantitative estimate of drug-likeness (QED) is 0.786. The topological polar surface area (TPSA) is 50.7 Å². The van der Waals surface area contributed by atoms with Crippen LogP contribution >= 0.6 is 11.3 Å². The van der Waals surface area contributed by atoms with Crippen molar-refractivity contribution >= 4 is 28.1 Å². The number of para-hydroxylation sites is 1. The van der Waals surface area contributed by atoms with Crippen LogP contribution in [-0.4, -0.2) is 15.0 Å². The van der Waals surface area contributed by atoms with Gasteiger partial charge in [0.25, 0.3) is 0 Å². The van der Waals surface area contributed by atoms with Gasteiger partial charge >= 0.3 is 0 Å². The third-order valence-electron chi connectivity index (χ3n) is 3.01. The molecule has 2 aromatic heterocycles. The van der Waals surface area contributed by atoms with E-state index < -0.39 is 0 Å². The summed E-state index contributed by atoms with van der Waals surface area (Å²) in [5, 5.41) is 7.60. The van der Waals surface area contributed by atoms with E-state index in [1.54, 1.807) is 17.7 Å². The fourth-order valence-corrected chi connectivity index (χ4v) is 2.80. The van der Waals surface area contributed by atoms with E-state index in [4.69, 9.17) is 0 Å². The van der Waals surface area contributed by atoms with Gasteiger partial charge in [0, 0.05) is 17.0 Å². The van der Waals surface area contributed by atoms with Crippen molar-refractivity contribution in [1.82, 2.24) is 15.0 Å². The molecule has 2 heterocycles. The Labute approximate surface area is 115 Å². The van der Waals surface area contributed by atoms with Gasteiger partial charge in [0.1, 0.15) is 17.2 Å². The van der Waals surface area contributed by atoms with Crippen LogP contribution in [0.3, 0.4) is 0 Å². The fraction of sp³-hybridized carbons (Fsp3) is 0.214. The minimum Gasteiger partial charge on any atom is -0.360 e. The van der Waals surface area contributed by atoms with Crippen LogP contribution in [0.5, 0.6) is 0 Å². The van der Waals surface area contributed by atoms with Gasteiger partial charge in [0.05, 0.1) is 11.6 Å². The van der Waals surface area contributed by atoms with Crippen molar-refractivity contribution < 1.29 is 0 Å². The van der Waals surface area contributed by atoms with Crippen molar-refractivity contribution in [1.29, 1.82) is 0 Å². The first kappa shape index (κ1) is 12.0. The van der Waals surface area contributed by atoms with Gasteiger partial charge in [-0.2, -0.15) is 0 Å². The number of hydrogen-bond acceptors (Lipinski definition) is 5. The van der Waals surface area contributed by atoms with Crippen molar-refractivity contribution in [2.45, 2.75) is 19.4 Å². The molecule has 0 saturated heterocycles. The predicted molar refractivity (Wildman–Crippen MR) is 78.3 cm³/mol. The number of anilines is 1. The van der Waals surface area contributed by atoms with E-state index in [0.29, 0.717) is 0 Å². The van der Waals surface area contributed by atoms with Crippen molar-refractivity contribution in [3.63, 3.8) is 0 Å². The average Bonchev–Trinajstić information content (AvgIpc) is 2.99. The van der Waals surface area contributed by atoms with Crippen LogP contribution in [0.2, 0.25) is 0 Å². The molecule has 3 rings (SSSR count). The molecule has 1 atom stereocenters. The monoisotopic (exact) mass is 270 g/mol. The van der Waals surface area contributed by atoms with E-state index in [1.165, 1.54) is 0 Å². The number of rotatable bonds is 4. The number of nitrogens with zero attached hydrogens (tertiary/aromatic N) is 3. The van der Waals surface area contributed by atoms with Crippen LogP contribution < -0.4 is 5.32 Å². The van der Waals surface area contributed by atoms with Gasteiger partial charge in [-0.15, -0.1) is 11.3 Å². The third-order valence-corrected chi connectivity index (χ3v) is 3.90. The maximum atomic E-state index is 4.38. The van der Waals surface area contributed by atoms with E-state index >= 15 is 0 Å². The molecular weight excluding hydrogens is 256 g/mol. The Hall–Kier alpha value is -2.01. The Morgan fingerprint density at radius 1 is 1.21 bits per heavy atom. The van der Waals surface area contributed by atoms with Gasteiger partial charge in [0.2, 0.25) is 0 Å². The van der Waals surface area contributed by atoms with Crippen molar-refractivity contribution in [2.24, 2.45) is 0 Å². The summed E-state index contributed by atoms with van der Waals surface area (Å²) < 4.78 is 0. The Morgan fingerprint density at radius 3 is 2.89 bits per heavy atom. The fourth-order valence-electron chi connectivity index (χ4n) is 2.03. The number of aromatic nitrogens is 3. The van der Waals surface area contributed by atoms with Gasteiger partial charge in [0.15, 0.2) is 0 Å². The first-order chi connectivity index (χ1) is 9.38. The van der Waals surface area contributed by atoms with Gasteiger partial charge < -0.3 is 5.32 Å². The summed E-state index contributed by atoms with van der Waals surface area (Å²) in [4.78, 5) is 13.0. The van der Waals surface area contributed by atoms with Crippen molar-refractivity contribution in [3.05, 3.63) is 47.2 Å². The minimum atomic E-state index is 0.193. The molecule has 0 aliphatic heterocycles. The second-order valence-electron chi connectivity index (χ2n) is 4.21. The molecule has 96 valence electrons. The molecule has 0 fully saturated rings. The largest absolute Gasteiger partial charge is 0.360 e. The molecule has 3 aromatic rings. The van der Waals surface area contributed by atoms with E-state index in [9.17, 15) is 0 Å². The molecular formula is C14H14N4S. The summed E-state index contributed by atoms with van der Waals surface area (Å²) >= 11 is 1.66. The molecule has 0 aliphatic carbocycles. The Balaban J connectivity index is 1.96. The van der Waals surface area contributed by atoms with Gasteiger partial charge in [-0.3, -0.25) is 0 Å². The van der Waals surface area contributed by atoms with Crippen LogP contribution in [0.25, 0.3) is 10.9 Å². The summed E-state index contributed by atoms with van der Waals surface area (Å²) in [6.45, 7) is 2.14. The highest BCUT2D eigenvalue weighted by atomic mass is 32.1. The Kier molecular flexibility index (Phi) is 3.37. The number of thiazole rings is 1. The van der Waals surface area contributed by atoms with E-state index in [0.717, 1.165) is 28.1 Å². The molecule has 19 heavy (non-hydrogen) atoms. The first-order valence-corrected chi connectivity index (χ1v) is 7.12. The summed E-state index contributed by atoms with van der Waals surface area (Å²) in [5.74, 6) is 0.868. The van der Waals surface area contributed by atoms with E-state index in [2.05, 4.69) is 27.2 Å². The lowest BCUT2D eigenvalue weighted by Gasteiger charge is -2.16. The van der Waals surface area contributed by atoms with Crippen LogP contribution in [0.1, 0.15) is 24.4 Å². The average molecular weight is 270 g/mol. The van der Waals surface area contributed by atoms with Crippen LogP contribution in [0.15, 0.2) is 42.2 Å². The summed E-state index contributed by atoms with van der Waals surface area (Å²) in [7, 11) is 0. The number of hydrogen-bond donors (Lipinski definition) is 1. The lowest BCUT2D eigenvalue weighted by atomic mass is 10.2. The SMILES string of the molecule is CCC(Nc1ncnc2ccccc12)c1nccs1. The van der Waals surface area contributed by atoms with Crippen LogP contribution in [0.4, 0.5) is 5.82 Å². The zero-order valence-corrected chi connectivity index (χ0v) is 11.4. The predicted octanol–water partition coefficient (Wildman–Crippen LogP) is 3.65. The molecule has 0 spiro atoms. The highest BCUT2D eigenvalue weighted by Crippen LogP contribution is 2.26. The lowest BCUT2D eigenvalue weighted by Crippen LogP contribution is -2.11. The summed E-state index contributed by atoms with van der Waals surface area (Å²) in [6, 6.07) is 8.20. The molecule has 1 N–H and O–H groups in total. The van der Waals surface area contributed by atoms with Gasteiger partial charge in [-0.25, -0.2) is 15.0 Å². The highest BCUT2D eigenvalue weighted by Gasteiger charge is 2.13. The van der Waals surface area contributed by atoms with Crippen molar-refractivity contribution in [2.75, 3.05) is 5.32 Å². The number of benzene rings is 1. The lowest BCUT2D eigenvalue weighted by molar-refractivity contribution is 0.738. The molecule has 0 amide bonds. The van der Waals surface area contributed by atoms with Crippen LogP contribution in [-0.2, 0) is 0 Å². The van der Waals surface area contributed by atoms with Crippen LogP contribution in [0, 0.1) is 0 Å². The van der Waals surface area contributed by atoms with Gasteiger partial charge in [-0.05, 0) is 18.6 Å². The number of nitrogens with one attached hydrogen (secondary N) is 1. The summed E-state index contributed by atoms with van der Waals surface area (Å²) in [6.07, 6.45) is 4.40. The second kappa shape index (κ2) is 5.32. The maximum Gasteiger partial charge on any atom is 0.137 e. The maximum absolute atomic E-state index is 4.38. The summed E-state index contributed by atoms with van der Waals surface area (Å²) in [5.41, 5.74) is 0.953. The third kappa shape index (κ3) is 2.42. The zero-order valence-electron chi connectivity index (χ0n) is 10.6. The first-order valence-electron chi connectivity index (χ1n) is 6.24. The highest BCUT2D eigenvalue weighted by molar-refractivity contribution is 7.09. The normalized spacial score (nSPS) is 12.5. The van der Waals surface area contributed by atoms with E-state index in [1.807, 2.05) is 35.8 Å². The molecule has 0 saturated carbocycles. The Bertz CT molecular complexity index is 661. The van der Waals surface area contributed by atoms with Crippen molar-refractivity contribution in [3.8, 4) is 0 Å². The molecule has 1 unspecified atom stereocenters. The zero-order chi connectivity index (χ0) is 13.1. The second-order valence-corrected chi connectivity index (χ2v) is 5.14. The minimum absolute atomic E-state index is 0.193. The van der Waals surface area contributed by atoms with E-state index in [-0.39, 0.29) is 6.04 Å². The molecule has 0 bridgehead atoms. The molecule has 5 heteroatoms. The molecule has 0 aliphatic rings. The van der Waals surface area contributed by atoms with Gasteiger partial charge in [-0.1, -0.05) is 19.1 Å². The standard InChI is InChI=1S/C14H14N4S/c1-2-11(14-15-7-8-19-14)18-13-10-5-3-4-6-12(10)16-9-17-13/h3-9,11H,2H2,1H3,(H,16,17,18). The number of fused-ring (bicyclic) bond motifs is 1. The molecule has 1 aromatic carbocycles. The molecule has 0 radical (unpaired) electrons.